The number of benzene rings is 3. The van der Waals surface area contributed by atoms with Crippen molar-refractivity contribution in [2.45, 2.75) is 89.1 Å². The van der Waals surface area contributed by atoms with Gasteiger partial charge in [-0.05, 0) is 104 Å². The lowest BCUT2D eigenvalue weighted by Crippen LogP contribution is -2.70. The first kappa shape index (κ1) is 51.0. The summed E-state index contributed by atoms with van der Waals surface area (Å²) in [5.41, 5.74) is 3.07. The van der Waals surface area contributed by atoms with E-state index in [1.807, 2.05) is 13.0 Å². The summed E-state index contributed by atoms with van der Waals surface area (Å²) < 4.78 is 36.9. The van der Waals surface area contributed by atoms with Crippen LogP contribution in [0.25, 0.3) is 0 Å². The molecule has 17 heteroatoms. The Morgan fingerprint density at radius 2 is 1.74 bits per heavy atom. The summed E-state index contributed by atoms with van der Waals surface area (Å²) in [6.45, 7) is 10.2. The van der Waals surface area contributed by atoms with Crippen molar-refractivity contribution < 1.29 is 58.0 Å². The number of methoxy groups -OCH3 is 2. The van der Waals surface area contributed by atoms with E-state index in [0.717, 1.165) is 17.6 Å². The lowest BCUT2D eigenvalue weighted by atomic mass is 9.55. The molecule has 1 aliphatic heterocycles. The first-order chi connectivity index (χ1) is 33.0. The smallest absolute Gasteiger partial charge is 0.417 e. The summed E-state index contributed by atoms with van der Waals surface area (Å²) in [5, 5.41) is 38.9. The minimum absolute atomic E-state index is 0.00211. The van der Waals surface area contributed by atoms with Gasteiger partial charge in [-0.15, -0.1) is 13.2 Å². The van der Waals surface area contributed by atoms with Gasteiger partial charge in [0.2, 0.25) is 5.79 Å². The van der Waals surface area contributed by atoms with Gasteiger partial charge in [-0.3, -0.25) is 20.3 Å². The van der Waals surface area contributed by atoms with E-state index in [1.54, 1.807) is 59.5 Å². The summed E-state index contributed by atoms with van der Waals surface area (Å²) in [6, 6.07) is 15.4. The number of carbonyl (C=O) groups excluding carboxylic acids is 2. The Kier molecular flexibility index (Phi) is 18.4. The van der Waals surface area contributed by atoms with Crippen LogP contribution in [0.5, 0.6) is 23.0 Å². The topological polar surface area (TPSA) is 210 Å². The van der Waals surface area contributed by atoms with Crippen LogP contribution in [0.2, 0.25) is 0 Å². The number of nitrogens with one attached hydrogen (secondary N) is 1. The van der Waals surface area contributed by atoms with E-state index in [4.69, 9.17) is 38.4 Å². The molecule has 2 aliphatic carbocycles. The highest BCUT2D eigenvalue weighted by Gasteiger charge is 2.65. The van der Waals surface area contributed by atoms with Crippen LogP contribution in [0.1, 0.15) is 81.8 Å². The number of amides is 2. The van der Waals surface area contributed by atoms with Gasteiger partial charge in [0.1, 0.15) is 35.6 Å². The number of nitro groups is 1. The van der Waals surface area contributed by atoms with Crippen LogP contribution in [-0.2, 0) is 20.9 Å². The summed E-state index contributed by atoms with van der Waals surface area (Å²) in [4.78, 5) is 46.6. The number of nitrogens with zero attached hydrogens (tertiary/aromatic N) is 3. The van der Waals surface area contributed by atoms with Gasteiger partial charge in [0, 0.05) is 55.9 Å². The molecule has 1 saturated carbocycles. The first-order valence-electron chi connectivity index (χ1n) is 23.2. The van der Waals surface area contributed by atoms with Crippen LogP contribution in [0.15, 0.2) is 103 Å². The Labute approximate surface area is 397 Å². The number of aliphatic hydroxyl groups is 2. The van der Waals surface area contributed by atoms with Gasteiger partial charge < -0.3 is 43.5 Å². The maximum absolute atomic E-state index is 14.4. The molecule has 0 aromatic heterocycles. The maximum Gasteiger partial charge on any atom is 0.417 e. The largest absolute Gasteiger partial charge is 0.497 e. The third-order valence-corrected chi connectivity index (χ3v) is 12.7. The molecule has 0 spiro atoms. The summed E-state index contributed by atoms with van der Waals surface area (Å²) in [6.07, 6.45) is 9.35. The normalized spacial score (nSPS) is 21.8. The molecule has 2 amide bonds. The molecule has 6 unspecified atom stereocenters. The van der Waals surface area contributed by atoms with E-state index in [1.165, 1.54) is 26.4 Å². The van der Waals surface area contributed by atoms with Crippen molar-refractivity contribution >= 4 is 29.3 Å². The molecule has 3 aromatic rings. The molecular formula is C51H64N4O13. The predicted molar refractivity (Wildman–Crippen MR) is 255 cm³/mol. The number of ether oxygens (including phenoxy) is 6. The summed E-state index contributed by atoms with van der Waals surface area (Å²) in [7, 11) is 3.02. The van der Waals surface area contributed by atoms with Gasteiger partial charge in [-0.25, -0.2) is 9.59 Å². The second-order valence-corrected chi connectivity index (χ2v) is 16.9. The molecule has 68 heavy (non-hydrogen) atoms. The Hall–Kier alpha value is -6.43. The van der Waals surface area contributed by atoms with Crippen LogP contribution in [0.4, 0.5) is 21.0 Å². The van der Waals surface area contributed by atoms with Crippen LogP contribution in [-0.4, -0.2) is 97.0 Å². The molecule has 1 fully saturated rings. The number of hydrogen-bond donors (Lipinski definition) is 3. The monoisotopic (exact) mass is 940 g/mol. The second kappa shape index (κ2) is 24.5. The quantitative estimate of drug-likeness (QED) is 0.0313. The number of non-ortho nitro benzene ring substituents is 1. The third kappa shape index (κ3) is 11.8. The Morgan fingerprint density at radius 3 is 2.41 bits per heavy atom. The maximum atomic E-state index is 14.4. The number of nitro benzene ring substituents is 1. The van der Waals surface area contributed by atoms with Crippen LogP contribution < -0.4 is 24.3 Å². The molecule has 0 radical (unpaired) electrons. The third-order valence-electron chi connectivity index (χ3n) is 12.7. The van der Waals surface area contributed by atoms with Gasteiger partial charge >= 0.3 is 12.2 Å². The molecule has 0 saturated heterocycles. The van der Waals surface area contributed by atoms with E-state index in [2.05, 4.69) is 24.6 Å². The molecule has 1 heterocycles. The Bertz CT molecular complexity index is 2280. The fraction of sp³-hybridized carbons (Fsp3) is 0.471. The van der Waals surface area contributed by atoms with Gasteiger partial charge in [-0.2, -0.15) is 0 Å². The fourth-order valence-electron chi connectivity index (χ4n) is 9.68. The van der Waals surface area contributed by atoms with Crippen molar-refractivity contribution in [3.63, 3.8) is 0 Å². The zero-order chi connectivity index (χ0) is 48.6. The minimum Gasteiger partial charge on any atom is -0.497 e. The fourth-order valence-corrected chi connectivity index (χ4v) is 9.68. The average Bonchev–Trinajstić information content (AvgIpc) is 3.34. The average molecular weight is 941 g/mol. The Morgan fingerprint density at radius 1 is 0.985 bits per heavy atom. The lowest BCUT2D eigenvalue weighted by Gasteiger charge is -2.59. The Balaban J connectivity index is 1.52. The lowest BCUT2D eigenvalue weighted by molar-refractivity contribution is -0.384. The number of aliphatic hydroxyl groups excluding tert-OH is 2. The number of carbonyl (C=O) groups is 2. The molecule has 6 atom stereocenters. The zero-order valence-electron chi connectivity index (χ0n) is 39.1. The zero-order valence-corrected chi connectivity index (χ0v) is 39.1. The first-order valence-corrected chi connectivity index (χ1v) is 23.2. The number of rotatable bonds is 25. The van der Waals surface area contributed by atoms with Gasteiger partial charge in [-0.1, -0.05) is 43.1 Å². The molecule has 6 rings (SSSR count). The molecule has 3 N–H and O–H groups in total. The second-order valence-electron chi connectivity index (χ2n) is 16.9. The highest BCUT2D eigenvalue weighted by atomic mass is 16.7. The van der Waals surface area contributed by atoms with E-state index in [-0.39, 0.29) is 69.3 Å². The number of oxime groups is 1. The van der Waals surface area contributed by atoms with E-state index in [9.17, 15) is 29.9 Å². The summed E-state index contributed by atoms with van der Waals surface area (Å²) >= 11 is 0. The van der Waals surface area contributed by atoms with Gasteiger partial charge in [0.15, 0.2) is 0 Å². The van der Waals surface area contributed by atoms with Crippen LogP contribution in [0.3, 0.4) is 0 Å². The number of allylic oxidation sites excluding steroid dienone is 1. The number of unbranched alkanes of at least 4 members (excludes halogenated alkanes) is 2. The predicted octanol–water partition coefficient (Wildman–Crippen LogP) is 9.48. The van der Waals surface area contributed by atoms with Crippen molar-refractivity contribution in [2.75, 3.05) is 52.5 Å². The summed E-state index contributed by atoms with van der Waals surface area (Å²) in [5.74, 6) is -1.13. The van der Waals surface area contributed by atoms with Crippen molar-refractivity contribution in [2.24, 2.45) is 22.9 Å². The number of hydrogen-bond acceptors (Lipinski definition) is 14. The molecule has 17 nitrogen and oxygen atoms in total. The van der Waals surface area contributed by atoms with Crippen molar-refractivity contribution in [3.8, 4) is 23.0 Å². The molecular weight excluding hydrogens is 877 g/mol. The van der Waals surface area contributed by atoms with Crippen molar-refractivity contribution in [1.29, 1.82) is 0 Å². The highest BCUT2D eigenvalue weighted by molar-refractivity contribution is 6.03. The van der Waals surface area contributed by atoms with E-state index >= 15 is 0 Å². The van der Waals surface area contributed by atoms with Gasteiger partial charge in [0.25, 0.3) is 5.69 Å². The van der Waals surface area contributed by atoms with Crippen molar-refractivity contribution in [3.05, 3.63) is 119 Å². The minimum atomic E-state index is -1.54. The molecule has 3 aliphatic rings. The molecule has 3 aromatic carbocycles. The number of anilines is 1. The highest BCUT2D eigenvalue weighted by Crippen LogP contribution is 2.62. The molecule has 366 valence electrons. The van der Waals surface area contributed by atoms with Gasteiger partial charge in [0.05, 0.1) is 49.7 Å². The van der Waals surface area contributed by atoms with E-state index < -0.39 is 40.8 Å². The van der Waals surface area contributed by atoms with Crippen LogP contribution >= 0.6 is 0 Å². The van der Waals surface area contributed by atoms with Crippen molar-refractivity contribution in [1.82, 2.24) is 4.90 Å². The van der Waals surface area contributed by atoms with E-state index in [0.29, 0.717) is 79.2 Å². The van der Waals surface area contributed by atoms with Crippen LogP contribution in [0, 0.1) is 27.9 Å². The molecule has 0 bridgehead atoms. The standard InChI is InChI=1S/C51H64N4O13/c1-6-9-28-64-50(59)54(24-7-2)46-32-43(53-66-33-34-16-18-36(19-17-34)55(60)61)40-29-35(14-10-12-25-56)39(15-11-13-26-57)47-41-30-38(21-23-44(41)68-51(46,48(40)47)65-27-8-3)67-49(58)52-42-22-20-37(62-4)31-45(42)63-5/h6,8,16-23,29-31,35,39,46-48,56-57H,1,3,7,9-15,24-28,32-33H2,2,4-5H3,(H,52,58). The SMILES string of the molecule is C=CCCOC(=O)N(CCC)C1CC(=NOCc2ccc([N+](=O)[O-])cc2)C2=CC(CCCCO)C(CCCCO)C3c4cc(OC(=O)Nc5ccc(OC)cc5OC)ccc4OC1(OCC=C)C23. The number of fused-ring (bicyclic) bond motifs is 2.